The number of rotatable bonds is 1. The second-order valence-electron chi connectivity index (χ2n) is 3.18. The molecule has 1 aromatic heterocycles. The average Bonchev–Trinajstić information content (AvgIpc) is 2.23. The summed E-state index contributed by atoms with van der Waals surface area (Å²) in [6, 6.07) is 12.2. The SMILES string of the molecule is Cc1cc(-c2ccccn2)ccc1Br. The van der Waals surface area contributed by atoms with E-state index in [1.807, 2.05) is 24.4 Å². The van der Waals surface area contributed by atoms with Crippen LogP contribution >= 0.6 is 15.9 Å². The highest BCUT2D eigenvalue weighted by molar-refractivity contribution is 9.10. The molecule has 0 fully saturated rings. The quantitative estimate of drug-likeness (QED) is 0.747. The van der Waals surface area contributed by atoms with E-state index in [0.717, 1.165) is 15.7 Å². The lowest BCUT2D eigenvalue weighted by Gasteiger charge is -2.03. The number of halogens is 1. The van der Waals surface area contributed by atoms with Gasteiger partial charge in [-0.3, -0.25) is 4.98 Å². The van der Waals surface area contributed by atoms with Crippen molar-refractivity contribution in [3.05, 3.63) is 52.6 Å². The van der Waals surface area contributed by atoms with Crippen LogP contribution in [0, 0.1) is 6.92 Å². The maximum absolute atomic E-state index is 4.30. The molecule has 0 saturated carbocycles. The van der Waals surface area contributed by atoms with E-state index in [1.54, 1.807) is 0 Å². The summed E-state index contributed by atoms with van der Waals surface area (Å²) in [6.45, 7) is 2.08. The summed E-state index contributed by atoms with van der Waals surface area (Å²) in [6.07, 6.45) is 1.81. The standard InChI is InChI=1S/C12H10BrN/c1-9-8-10(5-6-11(9)13)12-4-2-3-7-14-12/h2-8H,1H3. The van der Waals surface area contributed by atoms with E-state index in [2.05, 4.69) is 46.0 Å². The summed E-state index contributed by atoms with van der Waals surface area (Å²) < 4.78 is 1.14. The first-order valence-electron chi connectivity index (χ1n) is 4.45. The fraction of sp³-hybridized carbons (Fsp3) is 0.0833. The fourth-order valence-corrected chi connectivity index (χ4v) is 1.58. The van der Waals surface area contributed by atoms with Crippen LogP contribution in [0.5, 0.6) is 0 Å². The topological polar surface area (TPSA) is 12.9 Å². The molecular weight excluding hydrogens is 238 g/mol. The van der Waals surface area contributed by atoms with E-state index >= 15 is 0 Å². The Labute approximate surface area is 91.9 Å². The molecule has 0 bridgehead atoms. The number of hydrogen-bond acceptors (Lipinski definition) is 1. The number of aromatic nitrogens is 1. The molecule has 14 heavy (non-hydrogen) atoms. The molecule has 2 heteroatoms. The van der Waals surface area contributed by atoms with Gasteiger partial charge < -0.3 is 0 Å². The van der Waals surface area contributed by atoms with Crippen LogP contribution in [0.25, 0.3) is 11.3 Å². The highest BCUT2D eigenvalue weighted by Gasteiger charge is 2.00. The molecule has 0 aliphatic carbocycles. The lowest BCUT2D eigenvalue weighted by molar-refractivity contribution is 1.31. The van der Waals surface area contributed by atoms with Crippen molar-refractivity contribution in [1.29, 1.82) is 0 Å². The number of nitrogens with zero attached hydrogens (tertiary/aromatic N) is 1. The Morgan fingerprint density at radius 1 is 1.14 bits per heavy atom. The predicted molar refractivity (Wildman–Crippen MR) is 62.1 cm³/mol. The van der Waals surface area contributed by atoms with E-state index in [4.69, 9.17) is 0 Å². The van der Waals surface area contributed by atoms with Crippen molar-refractivity contribution >= 4 is 15.9 Å². The summed E-state index contributed by atoms with van der Waals surface area (Å²) in [5, 5.41) is 0. The van der Waals surface area contributed by atoms with Crippen LogP contribution in [-0.2, 0) is 0 Å². The van der Waals surface area contributed by atoms with Gasteiger partial charge in [0.15, 0.2) is 0 Å². The Kier molecular flexibility index (Phi) is 2.64. The van der Waals surface area contributed by atoms with Crippen molar-refractivity contribution < 1.29 is 0 Å². The van der Waals surface area contributed by atoms with Gasteiger partial charge in [0.25, 0.3) is 0 Å². The summed E-state index contributed by atoms with van der Waals surface area (Å²) in [4.78, 5) is 4.30. The average molecular weight is 248 g/mol. The van der Waals surface area contributed by atoms with Crippen molar-refractivity contribution in [3.63, 3.8) is 0 Å². The van der Waals surface area contributed by atoms with E-state index < -0.39 is 0 Å². The third-order valence-corrected chi connectivity index (χ3v) is 3.01. The first kappa shape index (κ1) is 9.41. The molecule has 1 heterocycles. The second-order valence-corrected chi connectivity index (χ2v) is 4.03. The Bertz CT molecular complexity index is 437. The summed E-state index contributed by atoms with van der Waals surface area (Å²) in [5.74, 6) is 0. The maximum atomic E-state index is 4.30. The lowest BCUT2D eigenvalue weighted by atomic mass is 10.1. The molecule has 0 radical (unpaired) electrons. The largest absolute Gasteiger partial charge is 0.256 e. The van der Waals surface area contributed by atoms with Gasteiger partial charge in [-0.1, -0.05) is 28.1 Å². The van der Waals surface area contributed by atoms with Crippen molar-refractivity contribution in [2.24, 2.45) is 0 Å². The van der Waals surface area contributed by atoms with Gasteiger partial charge in [-0.05, 0) is 36.8 Å². The van der Waals surface area contributed by atoms with Crippen LogP contribution in [0.2, 0.25) is 0 Å². The maximum Gasteiger partial charge on any atom is 0.0702 e. The summed E-state index contributed by atoms with van der Waals surface area (Å²) >= 11 is 3.48. The van der Waals surface area contributed by atoms with Crippen LogP contribution < -0.4 is 0 Å². The van der Waals surface area contributed by atoms with Crippen LogP contribution in [0.15, 0.2) is 47.1 Å². The molecule has 0 unspecified atom stereocenters. The molecule has 2 aromatic rings. The highest BCUT2D eigenvalue weighted by Crippen LogP contribution is 2.23. The molecule has 0 aliphatic heterocycles. The van der Waals surface area contributed by atoms with Crippen molar-refractivity contribution in [1.82, 2.24) is 4.98 Å². The van der Waals surface area contributed by atoms with Crippen molar-refractivity contribution in [3.8, 4) is 11.3 Å². The number of aryl methyl sites for hydroxylation is 1. The van der Waals surface area contributed by atoms with Gasteiger partial charge in [0, 0.05) is 16.2 Å². The Hall–Kier alpha value is -1.15. The smallest absolute Gasteiger partial charge is 0.0702 e. The Morgan fingerprint density at radius 2 is 2.00 bits per heavy atom. The molecule has 0 aliphatic rings. The van der Waals surface area contributed by atoms with Gasteiger partial charge in [0.1, 0.15) is 0 Å². The molecule has 0 spiro atoms. The number of hydrogen-bond donors (Lipinski definition) is 0. The van der Waals surface area contributed by atoms with Gasteiger partial charge in [0.05, 0.1) is 5.69 Å². The highest BCUT2D eigenvalue weighted by atomic mass is 79.9. The fourth-order valence-electron chi connectivity index (χ4n) is 1.34. The van der Waals surface area contributed by atoms with Gasteiger partial charge in [0.2, 0.25) is 0 Å². The molecule has 0 atom stereocenters. The third-order valence-electron chi connectivity index (χ3n) is 2.12. The summed E-state index contributed by atoms with van der Waals surface area (Å²) in [7, 11) is 0. The van der Waals surface area contributed by atoms with Crippen LogP contribution in [0.1, 0.15) is 5.56 Å². The molecule has 0 N–H and O–H groups in total. The summed E-state index contributed by atoms with van der Waals surface area (Å²) in [5.41, 5.74) is 3.41. The molecule has 1 aromatic carbocycles. The van der Waals surface area contributed by atoms with Crippen molar-refractivity contribution in [2.45, 2.75) is 6.92 Å². The van der Waals surface area contributed by atoms with Gasteiger partial charge >= 0.3 is 0 Å². The molecule has 1 nitrogen and oxygen atoms in total. The van der Waals surface area contributed by atoms with Crippen LogP contribution in [0.4, 0.5) is 0 Å². The normalized spacial score (nSPS) is 10.1. The van der Waals surface area contributed by atoms with Gasteiger partial charge in [-0.15, -0.1) is 0 Å². The van der Waals surface area contributed by atoms with E-state index in [0.29, 0.717) is 0 Å². The Morgan fingerprint density at radius 3 is 2.64 bits per heavy atom. The zero-order valence-corrected chi connectivity index (χ0v) is 9.45. The third kappa shape index (κ3) is 1.85. The Balaban J connectivity index is 2.48. The minimum absolute atomic E-state index is 1.02. The molecule has 0 amide bonds. The zero-order valence-electron chi connectivity index (χ0n) is 7.87. The first-order valence-corrected chi connectivity index (χ1v) is 5.24. The van der Waals surface area contributed by atoms with E-state index in [1.165, 1.54) is 5.56 Å². The molecule has 70 valence electrons. The second kappa shape index (κ2) is 3.93. The first-order chi connectivity index (χ1) is 6.77. The number of benzene rings is 1. The van der Waals surface area contributed by atoms with Crippen molar-refractivity contribution in [2.75, 3.05) is 0 Å². The number of pyridine rings is 1. The minimum Gasteiger partial charge on any atom is -0.256 e. The molecule has 0 saturated heterocycles. The van der Waals surface area contributed by atoms with Gasteiger partial charge in [-0.25, -0.2) is 0 Å². The van der Waals surface area contributed by atoms with Crippen LogP contribution in [-0.4, -0.2) is 4.98 Å². The lowest BCUT2D eigenvalue weighted by Crippen LogP contribution is -1.83. The van der Waals surface area contributed by atoms with Gasteiger partial charge in [-0.2, -0.15) is 0 Å². The molecular formula is C12H10BrN. The molecule has 2 rings (SSSR count). The van der Waals surface area contributed by atoms with E-state index in [-0.39, 0.29) is 0 Å². The van der Waals surface area contributed by atoms with Crippen LogP contribution in [0.3, 0.4) is 0 Å². The minimum atomic E-state index is 1.02. The zero-order chi connectivity index (χ0) is 9.97. The monoisotopic (exact) mass is 247 g/mol. The predicted octanol–water partition coefficient (Wildman–Crippen LogP) is 3.82. The van der Waals surface area contributed by atoms with E-state index in [9.17, 15) is 0 Å².